The van der Waals surface area contributed by atoms with E-state index in [0.717, 1.165) is 43.4 Å². The Morgan fingerprint density at radius 2 is 1.44 bits per heavy atom. The van der Waals surface area contributed by atoms with Crippen molar-refractivity contribution < 1.29 is 37.8 Å². The standard InChI is InChI=1S/C26H35N5O3.C2HF3O2/c1-19-5-7-20(8-6-19)17-27-25(28-22-11-9-21(10-12-22)24(33)34)31-15-13-30(14-16-31)18-23(32)29-26(2,3)4;3-2(4,5)1(6)7/h5-12H,13-18H2,1-4H3,(H,27,28)(H,29,32)(H,33,34);(H,6,7). The third kappa shape index (κ3) is 12.3. The molecule has 0 aliphatic carbocycles. The van der Waals surface area contributed by atoms with Crippen molar-refractivity contribution in [3.63, 3.8) is 0 Å². The largest absolute Gasteiger partial charge is 0.490 e. The molecular weight excluding hydrogens is 543 g/mol. The van der Waals surface area contributed by atoms with E-state index in [-0.39, 0.29) is 17.0 Å². The van der Waals surface area contributed by atoms with E-state index in [1.807, 2.05) is 20.8 Å². The van der Waals surface area contributed by atoms with Crippen LogP contribution in [0.5, 0.6) is 0 Å². The molecule has 0 bridgehead atoms. The normalized spacial score (nSPS) is 14.5. The highest BCUT2D eigenvalue weighted by Gasteiger charge is 2.38. The molecule has 0 atom stereocenters. The van der Waals surface area contributed by atoms with Gasteiger partial charge >= 0.3 is 18.1 Å². The molecule has 1 amide bonds. The van der Waals surface area contributed by atoms with Crippen molar-refractivity contribution in [1.29, 1.82) is 0 Å². The van der Waals surface area contributed by atoms with Crippen LogP contribution in [0.4, 0.5) is 18.9 Å². The molecule has 2 aromatic rings. The van der Waals surface area contributed by atoms with Gasteiger partial charge in [0, 0.05) is 37.4 Å². The van der Waals surface area contributed by atoms with Crippen LogP contribution in [0.1, 0.15) is 42.3 Å². The number of nitrogens with one attached hydrogen (secondary N) is 2. The highest BCUT2D eigenvalue weighted by molar-refractivity contribution is 5.94. The van der Waals surface area contributed by atoms with E-state index in [9.17, 15) is 22.8 Å². The Hall–Kier alpha value is -4.13. The van der Waals surface area contributed by atoms with Crippen molar-refractivity contribution in [3.05, 3.63) is 65.2 Å². The van der Waals surface area contributed by atoms with Crippen LogP contribution in [0, 0.1) is 6.92 Å². The monoisotopic (exact) mass is 579 g/mol. The number of carboxylic acids is 2. The summed E-state index contributed by atoms with van der Waals surface area (Å²) in [6.07, 6.45) is -5.08. The molecule has 0 radical (unpaired) electrons. The van der Waals surface area contributed by atoms with Crippen molar-refractivity contribution in [2.75, 3.05) is 38.0 Å². The Morgan fingerprint density at radius 1 is 0.902 bits per heavy atom. The van der Waals surface area contributed by atoms with Gasteiger partial charge in [0.05, 0.1) is 18.7 Å². The summed E-state index contributed by atoms with van der Waals surface area (Å²) in [6, 6.07) is 14.9. The number of anilines is 1. The molecule has 1 aliphatic rings. The van der Waals surface area contributed by atoms with Crippen LogP contribution >= 0.6 is 0 Å². The first-order valence-electron chi connectivity index (χ1n) is 12.8. The maximum absolute atomic E-state index is 12.3. The van der Waals surface area contributed by atoms with Crippen LogP contribution in [0.3, 0.4) is 0 Å². The Balaban J connectivity index is 0.000000745. The first-order valence-corrected chi connectivity index (χ1v) is 12.8. The first kappa shape index (κ1) is 33.1. The van der Waals surface area contributed by atoms with E-state index < -0.39 is 18.1 Å². The summed E-state index contributed by atoms with van der Waals surface area (Å²) in [6.45, 7) is 11.9. The van der Waals surface area contributed by atoms with Crippen LogP contribution in [0.15, 0.2) is 53.5 Å². The molecule has 0 unspecified atom stereocenters. The van der Waals surface area contributed by atoms with E-state index in [1.54, 1.807) is 24.3 Å². The van der Waals surface area contributed by atoms with Crippen molar-refractivity contribution in [1.82, 2.24) is 15.1 Å². The minimum absolute atomic E-state index is 0.0332. The van der Waals surface area contributed by atoms with Gasteiger partial charge in [-0.15, -0.1) is 0 Å². The molecule has 1 aliphatic heterocycles. The molecule has 4 N–H and O–H groups in total. The van der Waals surface area contributed by atoms with E-state index in [1.165, 1.54) is 5.56 Å². The highest BCUT2D eigenvalue weighted by atomic mass is 19.4. The van der Waals surface area contributed by atoms with Gasteiger partial charge < -0.3 is 25.7 Å². The Kier molecular flexibility index (Phi) is 11.7. The second-order valence-corrected chi connectivity index (χ2v) is 10.5. The lowest BCUT2D eigenvalue weighted by molar-refractivity contribution is -0.192. The molecule has 224 valence electrons. The number of aliphatic carboxylic acids is 1. The summed E-state index contributed by atoms with van der Waals surface area (Å²) < 4.78 is 31.7. The lowest BCUT2D eigenvalue weighted by atomic mass is 10.1. The number of hydrogen-bond donors (Lipinski definition) is 4. The zero-order valence-electron chi connectivity index (χ0n) is 23.5. The molecule has 0 spiro atoms. The van der Waals surface area contributed by atoms with Gasteiger partial charge in [-0.3, -0.25) is 9.69 Å². The number of carboxylic acid groups (broad SMARTS) is 2. The lowest BCUT2D eigenvalue weighted by Crippen LogP contribution is -2.53. The third-order valence-corrected chi connectivity index (χ3v) is 5.72. The summed E-state index contributed by atoms with van der Waals surface area (Å²) in [7, 11) is 0. The maximum atomic E-state index is 12.3. The number of carbonyl (C=O) groups is 3. The summed E-state index contributed by atoms with van der Waals surface area (Å²) in [4.78, 5) is 41.5. The van der Waals surface area contributed by atoms with E-state index in [2.05, 4.69) is 51.6 Å². The fourth-order valence-electron chi connectivity index (χ4n) is 3.68. The number of hydrogen-bond acceptors (Lipinski definition) is 5. The molecule has 13 heteroatoms. The number of aromatic carboxylic acids is 1. The van der Waals surface area contributed by atoms with Crippen molar-refractivity contribution >= 4 is 29.5 Å². The zero-order valence-corrected chi connectivity index (χ0v) is 23.5. The topological polar surface area (TPSA) is 135 Å². The Morgan fingerprint density at radius 3 is 1.90 bits per heavy atom. The number of guanidine groups is 1. The summed E-state index contributed by atoms with van der Waals surface area (Å²) in [5, 5.41) is 22.7. The summed E-state index contributed by atoms with van der Waals surface area (Å²) in [5.41, 5.74) is 3.10. The Labute approximate surface area is 236 Å². The second kappa shape index (κ2) is 14.5. The molecule has 10 nitrogen and oxygen atoms in total. The molecular formula is C28H36F3N5O5. The number of carbonyl (C=O) groups excluding carboxylic acids is 1. The van der Waals surface area contributed by atoms with Gasteiger partial charge in [0.2, 0.25) is 5.91 Å². The molecule has 1 saturated heterocycles. The number of amides is 1. The molecule has 2 aromatic carbocycles. The van der Waals surface area contributed by atoms with Gasteiger partial charge in [-0.2, -0.15) is 13.2 Å². The van der Waals surface area contributed by atoms with Gasteiger partial charge in [0.15, 0.2) is 5.96 Å². The van der Waals surface area contributed by atoms with Crippen LogP contribution in [-0.2, 0) is 16.1 Å². The minimum atomic E-state index is -5.08. The Bertz CT molecular complexity index is 1200. The van der Waals surface area contributed by atoms with Crippen molar-refractivity contribution in [2.45, 2.75) is 46.0 Å². The molecule has 0 aromatic heterocycles. The molecule has 1 fully saturated rings. The average molecular weight is 580 g/mol. The number of nitrogens with zero attached hydrogens (tertiary/aromatic N) is 3. The number of alkyl halides is 3. The second-order valence-electron chi connectivity index (χ2n) is 10.5. The average Bonchev–Trinajstić information content (AvgIpc) is 2.87. The first-order chi connectivity index (χ1) is 19.0. The van der Waals surface area contributed by atoms with Crippen LogP contribution in [0.2, 0.25) is 0 Å². The number of aryl methyl sites for hydroxylation is 1. The maximum Gasteiger partial charge on any atom is 0.490 e. The van der Waals surface area contributed by atoms with E-state index in [4.69, 9.17) is 20.0 Å². The number of rotatable bonds is 6. The predicted molar refractivity (Wildman–Crippen MR) is 149 cm³/mol. The lowest BCUT2D eigenvalue weighted by Gasteiger charge is -2.36. The number of aliphatic imine (C=N–C) groups is 1. The molecule has 41 heavy (non-hydrogen) atoms. The smallest absolute Gasteiger partial charge is 0.478 e. The van der Waals surface area contributed by atoms with Gasteiger partial charge in [0.25, 0.3) is 0 Å². The SMILES string of the molecule is Cc1ccc(CN=C(Nc2ccc(C(=O)O)cc2)N2CCN(CC(=O)NC(C)(C)C)CC2)cc1.O=C(O)C(F)(F)F. The fourth-order valence-corrected chi connectivity index (χ4v) is 3.68. The molecule has 3 rings (SSSR count). The van der Waals surface area contributed by atoms with Crippen LogP contribution < -0.4 is 10.6 Å². The van der Waals surface area contributed by atoms with E-state index >= 15 is 0 Å². The number of piperazine rings is 1. The van der Waals surface area contributed by atoms with Crippen molar-refractivity contribution in [2.24, 2.45) is 4.99 Å². The van der Waals surface area contributed by atoms with Gasteiger partial charge in [-0.1, -0.05) is 29.8 Å². The fraction of sp³-hybridized carbons (Fsp3) is 0.429. The quantitative estimate of drug-likeness (QED) is 0.300. The predicted octanol–water partition coefficient (Wildman–Crippen LogP) is 3.83. The van der Waals surface area contributed by atoms with Gasteiger partial charge in [-0.05, 0) is 57.5 Å². The van der Waals surface area contributed by atoms with Crippen LogP contribution in [-0.4, -0.2) is 88.3 Å². The molecule has 1 heterocycles. The van der Waals surface area contributed by atoms with E-state index in [0.29, 0.717) is 13.1 Å². The molecule has 0 saturated carbocycles. The van der Waals surface area contributed by atoms with Gasteiger partial charge in [-0.25, -0.2) is 14.6 Å². The highest BCUT2D eigenvalue weighted by Crippen LogP contribution is 2.14. The third-order valence-electron chi connectivity index (χ3n) is 5.72. The number of halogens is 3. The minimum Gasteiger partial charge on any atom is -0.478 e. The number of benzene rings is 2. The van der Waals surface area contributed by atoms with Crippen molar-refractivity contribution in [3.8, 4) is 0 Å². The van der Waals surface area contributed by atoms with Crippen LogP contribution in [0.25, 0.3) is 0 Å². The van der Waals surface area contributed by atoms with Gasteiger partial charge in [0.1, 0.15) is 0 Å². The summed E-state index contributed by atoms with van der Waals surface area (Å²) >= 11 is 0. The summed E-state index contributed by atoms with van der Waals surface area (Å²) in [5.74, 6) is -2.94. The zero-order chi connectivity index (χ0) is 30.8.